The summed E-state index contributed by atoms with van der Waals surface area (Å²) in [5.41, 5.74) is 10.2. The third-order valence-corrected chi connectivity index (χ3v) is 4.36. The van der Waals surface area contributed by atoms with Gasteiger partial charge < -0.3 is 10.7 Å². The number of nitrogens with two attached hydrogens (primary N) is 1. The molecule has 0 amide bonds. The second-order valence-corrected chi connectivity index (χ2v) is 5.70. The molecule has 0 radical (unpaired) electrons. The van der Waals surface area contributed by atoms with Gasteiger partial charge in [0.15, 0.2) is 0 Å². The molecule has 0 fully saturated rings. The van der Waals surface area contributed by atoms with E-state index in [2.05, 4.69) is 9.97 Å². The summed E-state index contributed by atoms with van der Waals surface area (Å²) in [5.74, 6) is 0.750. The topological polar surface area (TPSA) is 54.7 Å². The molecule has 0 spiro atoms. The van der Waals surface area contributed by atoms with Crippen LogP contribution < -0.4 is 5.73 Å². The van der Waals surface area contributed by atoms with Crippen molar-refractivity contribution in [3.63, 3.8) is 0 Å². The van der Waals surface area contributed by atoms with E-state index in [4.69, 9.17) is 17.3 Å². The van der Waals surface area contributed by atoms with E-state index in [-0.39, 0.29) is 6.04 Å². The van der Waals surface area contributed by atoms with Crippen molar-refractivity contribution in [2.75, 3.05) is 0 Å². The van der Waals surface area contributed by atoms with Crippen molar-refractivity contribution in [3.05, 3.63) is 50.9 Å². The highest BCUT2D eigenvalue weighted by Gasteiger charge is 2.19. The van der Waals surface area contributed by atoms with Crippen molar-refractivity contribution in [1.82, 2.24) is 9.97 Å². The fourth-order valence-corrected chi connectivity index (χ4v) is 3.27. The van der Waals surface area contributed by atoms with E-state index >= 15 is 0 Å². The zero-order valence-electron chi connectivity index (χ0n) is 9.77. The second-order valence-electron chi connectivity index (χ2n) is 4.22. The summed E-state index contributed by atoms with van der Waals surface area (Å²) >= 11 is 7.69. The average Bonchev–Trinajstić information content (AvgIpc) is 2.92. The maximum absolute atomic E-state index is 6.25. The minimum absolute atomic E-state index is 0.309. The Morgan fingerprint density at radius 3 is 2.83 bits per heavy atom. The number of rotatable bonds is 2. The standard InChI is InChI=1S/C13H12ClN3S/c1-7-6-18-12(14)10(7)11(15)13-16-8-4-2-3-5-9(8)17-13/h2-6,11H,15H2,1H3,(H,16,17). The normalized spacial score (nSPS) is 13.1. The van der Waals surface area contributed by atoms with Crippen molar-refractivity contribution in [2.24, 2.45) is 5.73 Å². The van der Waals surface area contributed by atoms with Gasteiger partial charge in [0.05, 0.1) is 21.4 Å². The van der Waals surface area contributed by atoms with Crippen LogP contribution in [0.2, 0.25) is 4.34 Å². The van der Waals surface area contributed by atoms with Gasteiger partial charge in [-0.25, -0.2) is 4.98 Å². The number of thiophene rings is 1. The summed E-state index contributed by atoms with van der Waals surface area (Å²) < 4.78 is 0.737. The number of hydrogen-bond acceptors (Lipinski definition) is 3. The summed E-state index contributed by atoms with van der Waals surface area (Å²) in [7, 11) is 0. The summed E-state index contributed by atoms with van der Waals surface area (Å²) in [6.07, 6.45) is 0. The zero-order chi connectivity index (χ0) is 12.7. The van der Waals surface area contributed by atoms with Crippen molar-refractivity contribution in [1.29, 1.82) is 0 Å². The van der Waals surface area contributed by atoms with Crippen LogP contribution in [0.5, 0.6) is 0 Å². The molecule has 5 heteroatoms. The van der Waals surface area contributed by atoms with E-state index in [0.29, 0.717) is 0 Å². The highest BCUT2D eigenvalue weighted by atomic mass is 35.5. The molecule has 0 aliphatic carbocycles. The Balaban J connectivity index is 2.09. The number of aromatic amines is 1. The summed E-state index contributed by atoms with van der Waals surface area (Å²) in [4.78, 5) is 7.76. The van der Waals surface area contributed by atoms with Crippen molar-refractivity contribution in [3.8, 4) is 0 Å². The first-order valence-corrected chi connectivity index (χ1v) is 6.86. The number of benzene rings is 1. The molecule has 0 saturated heterocycles. The molecule has 1 unspecified atom stereocenters. The summed E-state index contributed by atoms with van der Waals surface area (Å²) in [5, 5.41) is 2.01. The van der Waals surface area contributed by atoms with Crippen LogP contribution >= 0.6 is 22.9 Å². The van der Waals surface area contributed by atoms with Gasteiger partial charge in [-0.15, -0.1) is 11.3 Å². The monoisotopic (exact) mass is 277 g/mol. The Hall–Kier alpha value is -1.36. The number of para-hydroxylation sites is 2. The van der Waals surface area contributed by atoms with Gasteiger partial charge in [-0.2, -0.15) is 0 Å². The van der Waals surface area contributed by atoms with Crippen LogP contribution in [-0.2, 0) is 0 Å². The third kappa shape index (κ3) is 1.82. The molecule has 2 aromatic heterocycles. The molecule has 2 heterocycles. The predicted octanol–water partition coefficient (Wildman–Crippen LogP) is 3.63. The molecule has 3 aromatic rings. The van der Waals surface area contributed by atoms with Gasteiger partial charge in [-0.3, -0.25) is 0 Å². The van der Waals surface area contributed by atoms with Crippen LogP contribution in [0.25, 0.3) is 11.0 Å². The first-order valence-electron chi connectivity index (χ1n) is 5.60. The van der Waals surface area contributed by atoms with E-state index in [1.165, 1.54) is 11.3 Å². The highest BCUT2D eigenvalue weighted by Crippen LogP contribution is 2.33. The quantitative estimate of drug-likeness (QED) is 0.751. The first-order chi connectivity index (χ1) is 8.66. The molecule has 92 valence electrons. The SMILES string of the molecule is Cc1csc(Cl)c1C(N)c1nc2ccccc2[nH]1. The van der Waals surface area contributed by atoms with Crippen molar-refractivity contribution in [2.45, 2.75) is 13.0 Å². The Labute approximate surface area is 114 Å². The predicted molar refractivity (Wildman–Crippen MR) is 76.2 cm³/mol. The molecule has 0 aliphatic heterocycles. The van der Waals surface area contributed by atoms with Crippen molar-refractivity contribution >= 4 is 34.0 Å². The first kappa shape index (κ1) is 11.7. The van der Waals surface area contributed by atoms with Crippen molar-refractivity contribution < 1.29 is 0 Å². The maximum atomic E-state index is 6.25. The molecule has 0 aliphatic rings. The lowest BCUT2D eigenvalue weighted by Crippen LogP contribution is -2.14. The number of nitrogens with zero attached hydrogens (tertiary/aromatic N) is 1. The van der Waals surface area contributed by atoms with Crippen LogP contribution in [0.1, 0.15) is 23.0 Å². The minimum Gasteiger partial charge on any atom is -0.340 e. The molecule has 3 N–H and O–H groups in total. The maximum Gasteiger partial charge on any atom is 0.128 e. The molecule has 1 atom stereocenters. The molecule has 18 heavy (non-hydrogen) atoms. The number of aryl methyl sites for hydroxylation is 1. The van der Waals surface area contributed by atoms with Gasteiger partial charge in [0.1, 0.15) is 5.82 Å². The largest absolute Gasteiger partial charge is 0.340 e. The van der Waals surface area contributed by atoms with Crippen LogP contribution in [0.3, 0.4) is 0 Å². The fraction of sp³-hybridized carbons (Fsp3) is 0.154. The lowest BCUT2D eigenvalue weighted by molar-refractivity contribution is 0.803. The van der Waals surface area contributed by atoms with Gasteiger partial charge in [0.2, 0.25) is 0 Å². The van der Waals surface area contributed by atoms with Crippen LogP contribution in [0, 0.1) is 6.92 Å². The van der Waals surface area contributed by atoms with Crippen LogP contribution in [0.4, 0.5) is 0 Å². The Morgan fingerprint density at radius 1 is 1.39 bits per heavy atom. The smallest absolute Gasteiger partial charge is 0.128 e. The molecule has 1 aromatic carbocycles. The van der Waals surface area contributed by atoms with E-state index in [9.17, 15) is 0 Å². The highest BCUT2D eigenvalue weighted by molar-refractivity contribution is 7.14. The lowest BCUT2D eigenvalue weighted by Gasteiger charge is -2.09. The molecular weight excluding hydrogens is 266 g/mol. The minimum atomic E-state index is -0.309. The molecule has 3 nitrogen and oxygen atoms in total. The van der Waals surface area contributed by atoms with E-state index in [1.807, 2.05) is 36.6 Å². The van der Waals surface area contributed by atoms with Gasteiger partial charge in [0, 0.05) is 5.56 Å². The fourth-order valence-electron chi connectivity index (χ4n) is 2.05. The van der Waals surface area contributed by atoms with Gasteiger partial charge >= 0.3 is 0 Å². The number of H-pyrrole nitrogens is 1. The molecule has 0 bridgehead atoms. The Morgan fingerprint density at radius 2 is 2.17 bits per heavy atom. The number of fused-ring (bicyclic) bond motifs is 1. The summed E-state index contributed by atoms with van der Waals surface area (Å²) in [6, 6.07) is 7.57. The van der Waals surface area contributed by atoms with Gasteiger partial charge in [-0.1, -0.05) is 23.7 Å². The average molecular weight is 278 g/mol. The van der Waals surface area contributed by atoms with E-state index in [0.717, 1.165) is 32.3 Å². The number of halogens is 1. The molecule has 3 rings (SSSR count). The molecule has 0 saturated carbocycles. The number of aromatic nitrogens is 2. The number of hydrogen-bond donors (Lipinski definition) is 2. The Kier molecular flexibility index (Phi) is 2.86. The van der Waals surface area contributed by atoms with Crippen LogP contribution in [-0.4, -0.2) is 9.97 Å². The lowest BCUT2D eigenvalue weighted by atomic mass is 10.1. The summed E-state index contributed by atoms with van der Waals surface area (Å²) in [6.45, 7) is 2.01. The number of imidazole rings is 1. The van der Waals surface area contributed by atoms with E-state index < -0.39 is 0 Å². The van der Waals surface area contributed by atoms with Crippen LogP contribution in [0.15, 0.2) is 29.6 Å². The van der Waals surface area contributed by atoms with E-state index in [1.54, 1.807) is 0 Å². The van der Waals surface area contributed by atoms with Gasteiger partial charge in [-0.05, 0) is 30.0 Å². The zero-order valence-corrected chi connectivity index (χ0v) is 11.3. The number of nitrogens with one attached hydrogen (secondary N) is 1. The third-order valence-electron chi connectivity index (χ3n) is 2.99. The molecular formula is C13H12ClN3S. The van der Waals surface area contributed by atoms with Gasteiger partial charge in [0.25, 0.3) is 0 Å². The Bertz CT molecular complexity index is 649. The second kappa shape index (κ2) is 4.39.